The van der Waals surface area contributed by atoms with Crippen molar-refractivity contribution in [2.75, 3.05) is 0 Å². The standard InChI is InChI=1S/C16H31IO2/c1-6-8-9-10-11-13-14(17)15(12-7-2)18-19-16(3,4)5/h7,14-15H,2,6,8-13H2,1,3-5H3. The first-order valence-corrected chi connectivity index (χ1v) is 8.74. The fraction of sp³-hybridized carbons (Fsp3) is 0.875. The maximum Gasteiger partial charge on any atom is 0.108 e. The Labute approximate surface area is 133 Å². The van der Waals surface area contributed by atoms with Gasteiger partial charge in [0, 0.05) is 3.92 Å². The summed E-state index contributed by atoms with van der Waals surface area (Å²) in [6.07, 6.45) is 10.7. The molecule has 2 unspecified atom stereocenters. The zero-order chi connectivity index (χ0) is 14.7. The molecule has 0 rings (SSSR count). The van der Waals surface area contributed by atoms with Crippen LogP contribution in [0.5, 0.6) is 0 Å². The van der Waals surface area contributed by atoms with Gasteiger partial charge in [-0.1, -0.05) is 67.7 Å². The molecule has 0 bridgehead atoms. The van der Waals surface area contributed by atoms with Gasteiger partial charge in [0.1, 0.15) is 6.10 Å². The first-order valence-electron chi connectivity index (χ1n) is 7.50. The van der Waals surface area contributed by atoms with Crippen LogP contribution >= 0.6 is 22.6 Å². The summed E-state index contributed by atoms with van der Waals surface area (Å²) in [6, 6.07) is 0. The van der Waals surface area contributed by atoms with Crippen molar-refractivity contribution in [2.45, 2.75) is 88.3 Å². The zero-order valence-electron chi connectivity index (χ0n) is 13.1. The van der Waals surface area contributed by atoms with E-state index in [9.17, 15) is 0 Å². The number of rotatable bonds is 11. The highest BCUT2D eigenvalue weighted by Gasteiger charge is 2.22. The van der Waals surface area contributed by atoms with E-state index in [4.69, 9.17) is 9.78 Å². The van der Waals surface area contributed by atoms with E-state index in [2.05, 4.69) is 36.1 Å². The van der Waals surface area contributed by atoms with Gasteiger partial charge in [-0.05, 0) is 33.6 Å². The average Bonchev–Trinajstić information content (AvgIpc) is 2.32. The molecule has 0 aromatic carbocycles. The van der Waals surface area contributed by atoms with Gasteiger partial charge in [-0.25, -0.2) is 9.78 Å². The van der Waals surface area contributed by atoms with E-state index in [0.717, 1.165) is 6.42 Å². The van der Waals surface area contributed by atoms with Gasteiger partial charge in [0.15, 0.2) is 0 Å². The van der Waals surface area contributed by atoms with Gasteiger partial charge in [-0.3, -0.25) is 0 Å². The molecule has 0 spiro atoms. The summed E-state index contributed by atoms with van der Waals surface area (Å²) >= 11 is 2.49. The Morgan fingerprint density at radius 2 is 1.79 bits per heavy atom. The average molecular weight is 382 g/mol. The Kier molecular flexibility index (Phi) is 11.3. The van der Waals surface area contributed by atoms with Gasteiger partial charge in [0.25, 0.3) is 0 Å². The smallest absolute Gasteiger partial charge is 0.108 e. The van der Waals surface area contributed by atoms with E-state index in [1.807, 2.05) is 26.8 Å². The maximum absolute atomic E-state index is 5.61. The Hall–Kier alpha value is 0.390. The minimum Gasteiger partial charge on any atom is -0.231 e. The fourth-order valence-corrected chi connectivity index (χ4v) is 2.60. The SMILES string of the molecule is C=CCC(OOC(C)(C)C)C(I)CCCCCCC. The molecular weight excluding hydrogens is 351 g/mol. The lowest BCUT2D eigenvalue weighted by Crippen LogP contribution is -2.29. The third-order valence-electron chi connectivity index (χ3n) is 2.81. The van der Waals surface area contributed by atoms with E-state index < -0.39 is 0 Å². The van der Waals surface area contributed by atoms with E-state index in [0.29, 0.717) is 3.92 Å². The van der Waals surface area contributed by atoms with Crippen LogP contribution in [0.25, 0.3) is 0 Å². The van der Waals surface area contributed by atoms with Gasteiger partial charge in [0.2, 0.25) is 0 Å². The van der Waals surface area contributed by atoms with Crippen LogP contribution < -0.4 is 0 Å². The van der Waals surface area contributed by atoms with Gasteiger partial charge in [-0.2, -0.15) is 0 Å². The van der Waals surface area contributed by atoms with Crippen LogP contribution in [0.15, 0.2) is 12.7 Å². The normalized spacial score (nSPS) is 15.2. The minimum absolute atomic E-state index is 0.114. The molecule has 19 heavy (non-hydrogen) atoms. The molecule has 0 saturated carbocycles. The van der Waals surface area contributed by atoms with Crippen molar-refractivity contribution in [1.82, 2.24) is 0 Å². The lowest BCUT2D eigenvalue weighted by Gasteiger charge is -2.25. The Balaban J connectivity index is 3.96. The molecule has 0 saturated heterocycles. The molecule has 0 N–H and O–H groups in total. The van der Waals surface area contributed by atoms with Crippen molar-refractivity contribution in [3.05, 3.63) is 12.7 Å². The molecule has 0 aliphatic heterocycles. The summed E-state index contributed by atoms with van der Waals surface area (Å²) in [6.45, 7) is 12.1. The van der Waals surface area contributed by atoms with Crippen molar-refractivity contribution in [1.29, 1.82) is 0 Å². The first kappa shape index (κ1) is 19.4. The second kappa shape index (κ2) is 11.1. The lowest BCUT2D eigenvalue weighted by molar-refractivity contribution is -0.371. The van der Waals surface area contributed by atoms with Crippen molar-refractivity contribution < 1.29 is 9.78 Å². The second-order valence-electron chi connectivity index (χ2n) is 6.07. The summed E-state index contributed by atoms with van der Waals surface area (Å²) in [7, 11) is 0. The molecule has 0 aliphatic rings. The van der Waals surface area contributed by atoms with Crippen LogP contribution in [-0.4, -0.2) is 15.6 Å². The van der Waals surface area contributed by atoms with Crippen LogP contribution in [0.1, 0.15) is 72.6 Å². The maximum atomic E-state index is 5.61. The third-order valence-corrected chi connectivity index (χ3v) is 4.23. The first-order chi connectivity index (χ1) is 8.90. The van der Waals surface area contributed by atoms with Crippen molar-refractivity contribution >= 4 is 22.6 Å². The molecule has 0 aromatic rings. The summed E-state index contributed by atoms with van der Waals surface area (Å²) < 4.78 is 0.486. The third kappa shape index (κ3) is 11.9. The monoisotopic (exact) mass is 382 g/mol. The summed E-state index contributed by atoms with van der Waals surface area (Å²) in [4.78, 5) is 11.1. The highest BCUT2D eigenvalue weighted by Crippen LogP contribution is 2.23. The molecular formula is C16H31IO2. The van der Waals surface area contributed by atoms with Crippen LogP contribution in [0, 0.1) is 0 Å². The van der Waals surface area contributed by atoms with Crippen molar-refractivity contribution in [3.63, 3.8) is 0 Å². The summed E-state index contributed by atoms with van der Waals surface area (Å²) in [5, 5.41) is 0. The zero-order valence-corrected chi connectivity index (χ0v) is 15.2. The number of alkyl halides is 1. The van der Waals surface area contributed by atoms with E-state index in [-0.39, 0.29) is 11.7 Å². The molecule has 0 fully saturated rings. The van der Waals surface area contributed by atoms with Crippen molar-refractivity contribution in [2.24, 2.45) is 0 Å². The Bertz CT molecular complexity index is 223. The molecule has 0 aliphatic carbocycles. The number of hydrogen-bond acceptors (Lipinski definition) is 2. The van der Waals surface area contributed by atoms with Gasteiger partial charge in [0.05, 0.1) is 5.60 Å². The Morgan fingerprint density at radius 3 is 2.32 bits per heavy atom. The van der Waals surface area contributed by atoms with E-state index in [1.54, 1.807) is 0 Å². The van der Waals surface area contributed by atoms with E-state index in [1.165, 1.54) is 38.5 Å². The highest BCUT2D eigenvalue weighted by molar-refractivity contribution is 14.1. The highest BCUT2D eigenvalue weighted by atomic mass is 127. The molecule has 2 nitrogen and oxygen atoms in total. The van der Waals surface area contributed by atoms with Crippen molar-refractivity contribution in [3.8, 4) is 0 Å². The number of halogens is 1. The summed E-state index contributed by atoms with van der Waals surface area (Å²) in [5.74, 6) is 0. The van der Waals surface area contributed by atoms with Gasteiger partial charge in [-0.15, -0.1) is 6.58 Å². The fourth-order valence-electron chi connectivity index (χ4n) is 1.75. The quantitative estimate of drug-likeness (QED) is 0.112. The van der Waals surface area contributed by atoms with E-state index >= 15 is 0 Å². The molecule has 0 heterocycles. The number of hydrogen-bond donors (Lipinski definition) is 0. The molecule has 0 amide bonds. The minimum atomic E-state index is -0.253. The van der Waals surface area contributed by atoms with Crippen LogP contribution in [0.2, 0.25) is 0 Å². The molecule has 3 heteroatoms. The Morgan fingerprint density at radius 1 is 1.16 bits per heavy atom. The topological polar surface area (TPSA) is 18.5 Å². The second-order valence-corrected chi connectivity index (χ2v) is 7.67. The predicted molar refractivity (Wildman–Crippen MR) is 91.7 cm³/mol. The number of unbranched alkanes of at least 4 members (excludes halogenated alkanes) is 4. The van der Waals surface area contributed by atoms with Crippen LogP contribution in [0.4, 0.5) is 0 Å². The predicted octanol–water partition coefficient (Wildman–Crippen LogP) is 5.84. The summed E-state index contributed by atoms with van der Waals surface area (Å²) in [5.41, 5.74) is -0.253. The lowest BCUT2D eigenvalue weighted by atomic mass is 10.1. The van der Waals surface area contributed by atoms with Crippen LogP contribution in [-0.2, 0) is 9.78 Å². The van der Waals surface area contributed by atoms with Gasteiger partial charge < -0.3 is 0 Å². The largest absolute Gasteiger partial charge is 0.231 e. The molecule has 0 radical (unpaired) electrons. The molecule has 0 aromatic heterocycles. The van der Waals surface area contributed by atoms with Crippen LogP contribution in [0.3, 0.4) is 0 Å². The molecule has 2 atom stereocenters. The molecule has 114 valence electrons. The van der Waals surface area contributed by atoms with Gasteiger partial charge >= 0.3 is 0 Å².